The van der Waals surface area contributed by atoms with Gasteiger partial charge in [0.25, 0.3) is 0 Å². The van der Waals surface area contributed by atoms with Crippen LogP contribution in [-0.2, 0) is 24.0 Å². The summed E-state index contributed by atoms with van der Waals surface area (Å²) >= 11 is 0. The van der Waals surface area contributed by atoms with Gasteiger partial charge in [0, 0.05) is 11.9 Å². The Morgan fingerprint density at radius 2 is 1.93 bits per heavy atom. The Kier molecular flexibility index (Phi) is 5.50. The zero-order valence-electron chi connectivity index (χ0n) is 17.2. The van der Waals surface area contributed by atoms with Crippen LogP contribution in [-0.4, -0.2) is 18.0 Å². The summed E-state index contributed by atoms with van der Waals surface area (Å²) in [5.41, 5.74) is 8.18. The van der Waals surface area contributed by atoms with Gasteiger partial charge in [-0.2, -0.15) is 0 Å². The average Bonchev–Trinajstić information content (AvgIpc) is 2.65. The van der Waals surface area contributed by atoms with Gasteiger partial charge in [0.1, 0.15) is 0 Å². The zero-order chi connectivity index (χ0) is 19.6. The molecule has 1 aliphatic rings. The first-order chi connectivity index (χ1) is 12.8. The van der Waals surface area contributed by atoms with E-state index in [1.54, 1.807) is 7.11 Å². The summed E-state index contributed by atoms with van der Waals surface area (Å²) in [6, 6.07) is 8.24. The number of benzene rings is 1. The topological polar surface area (TPSA) is 34.5 Å². The number of aliphatic imine (C=N–C) groups is 1. The van der Waals surface area contributed by atoms with Crippen molar-refractivity contribution in [3.8, 4) is 0 Å². The first kappa shape index (κ1) is 19.3. The summed E-state index contributed by atoms with van der Waals surface area (Å²) < 4.78 is 5.69. The number of aromatic nitrogens is 1. The van der Waals surface area contributed by atoms with E-state index in [1.165, 1.54) is 22.4 Å². The fourth-order valence-corrected chi connectivity index (χ4v) is 3.80. The normalized spacial score (nSPS) is 16.0. The molecule has 0 fully saturated rings. The van der Waals surface area contributed by atoms with Gasteiger partial charge in [0.2, 0.25) is 5.90 Å². The van der Waals surface area contributed by atoms with E-state index >= 15 is 0 Å². The molecule has 1 heterocycles. The van der Waals surface area contributed by atoms with E-state index in [2.05, 4.69) is 46.4 Å². The van der Waals surface area contributed by atoms with Gasteiger partial charge in [-0.15, -0.1) is 0 Å². The molecule has 1 aliphatic carbocycles. The van der Waals surface area contributed by atoms with Crippen molar-refractivity contribution in [2.75, 3.05) is 7.11 Å². The van der Waals surface area contributed by atoms with E-state index in [1.807, 2.05) is 18.3 Å². The standard InChI is InChI=1S/C24H30N2O/c1-7-22-20-14-24(4,5)13-12-19(20)21(15-25-22)23(27-6)26-17(3)18-10-8-16(2)9-11-18/h8-11,15H,3,7,12-14H2,1-2,4-6H3. The van der Waals surface area contributed by atoms with E-state index in [9.17, 15) is 0 Å². The van der Waals surface area contributed by atoms with Gasteiger partial charge in [-0.3, -0.25) is 4.98 Å². The lowest BCUT2D eigenvalue weighted by atomic mass is 9.73. The van der Waals surface area contributed by atoms with Crippen LogP contribution in [0.1, 0.15) is 60.7 Å². The molecule has 0 unspecified atom stereocenters. The van der Waals surface area contributed by atoms with Crippen molar-refractivity contribution < 1.29 is 4.74 Å². The van der Waals surface area contributed by atoms with Crippen molar-refractivity contribution >= 4 is 11.6 Å². The van der Waals surface area contributed by atoms with Crippen molar-refractivity contribution in [2.45, 2.75) is 53.4 Å². The van der Waals surface area contributed by atoms with Gasteiger partial charge in [0.05, 0.1) is 18.4 Å². The molecule has 2 aromatic rings. The Morgan fingerprint density at radius 3 is 2.56 bits per heavy atom. The molecule has 3 heteroatoms. The van der Waals surface area contributed by atoms with Crippen LogP contribution in [0.25, 0.3) is 5.70 Å². The first-order valence-corrected chi connectivity index (χ1v) is 9.73. The molecule has 0 bridgehead atoms. The predicted molar refractivity (Wildman–Crippen MR) is 113 cm³/mol. The highest BCUT2D eigenvalue weighted by atomic mass is 16.5. The summed E-state index contributed by atoms with van der Waals surface area (Å²) in [6.07, 6.45) is 6.14. The fraction of sp³-hybridized carbons (Fsp3) is 0.417. The van der Waals surface area contributed by atoms with Gasteiger partial charge in [0.15, 0.2) is 0 Å². The number of rotatable bonds is 4. The summed E-state index contributed by atoms with van der Waals surface area (Å²) in [6.45, 7) is 13.1. The predicted octanol–water partition coefficient (Wildman–Crippen LogP) is 5.53. The molecule has 0 amide bonds. The number of pyridine rings is 1. The fourth-order valence-electron chi connectivity index (χ4n) is 3.80. The second-order valence-corrected chi connectivity index (χ2v) is 8.20. The molecule has 3 nitrogen and oxygen atoms in total. The molecule has 0 atom stereocenters. The quantitative estimate of drug-likeness (QED) is 0.529. The number of nitrogens with zero attached hydrogens (tertiary/aromatic N) is 2. The van der Waals surface area contributed by atoms with E-state index in [4.69, 9.17) is 14.7 Å². The van der Waals surface area contributed by atoms with Crippen LogP contribution in [0.3, 0.4) is 0 Å². The number of hydrogen-bond donors (Lipinski definition) is 0. The van der Waals surface area contributed by atoms with E-state index in [0.29, 0.717) is 17.0 Å². The molecule has 0 radical (unpaired) electrons. The Bertz CT molecular complexity index is 876. The molecule has 1 aromatic heterocycles. The third-order valence-electron chi connectivity index (χ3n) is 5.47. The van der Waals surface area contributed by atoms with Gasteiger partial charge in [-0.25, -0.2) is 4.99 Å². The maximum absolute atomic E-state index is 5.69. The van der Waals surface area contributed by atoms with Crippen molar-refractivity contribution in [2.24, 2.45) is 10.4 Å². The molecule has 142 valence electrons. The second-order valence-electron chi connectivity index (χ2n) is 8.20. The van der Waals surface area contributed by atoms with Crippen LogP contribution in [0.2, 0.25) is 0 Å². The van der Waals surface area contributed by atoms with Gasteiger partial charge >= 0.3 is 0 Å². The molecular weight excluding hydrogens is 332 g/mol. The number of hydrogen-bond acceptors (Lipinski definition) is 3. The van der Waals surface area contributed by atoms with Crippen LogP contribution in [0.5, 0.6) is 0 Å². The Hall–Kier alpha value is -2.42. The molecular formula is C24H30N2O. The number of aryl methyl sites for hydroxylation is 2. The lowest BCUT2D eigenvalue weighted by Gasteiger charge is -2.33. The van der Waals surface area contributed by atoms with E-state index in [0.717, 1.165) is 36.8 Å². The van der Waals surface area contributed by atoms with Gasteiger partial charge < -0.3 is 4.74 Å². The van der Waals surface area contributed by atoms with E-state index < -0.39 is 0 Å². The number of fused-ring (bicyclic) bond motifs is 1. The van der Waals surface area contributed by atoms with E-state index in [-0.39, 0.29) is 0 Å². The van der Waals surface area contributed by atoms with Crippen LogP contribution in [0, 0.1) is 12.3 Å². The largest absolute Gasteiger partial charge is 0.480 e. The number of ether oxygens (including phenoxy) is 1. The minimum Gasteiger partial charge on any atom is -0.480 e. The molecule has 3 rings (SSSR count). The highest BCUT2D eigenvalue weighted by Crippen LogP contribution is 2.37. The Morgan fingerprint density at radius 1 is 1.22 bits per heavy atom. The molecule has 0 aliphatic heterocycles. The minimum atomic E-state index is 0.313. The van der Waals surface area contributed by atoms with Crippen molar-refractivity contribution in [3.63, 3.8) is 0 Å². The maximum atomic E-state index is 5.69. The summed E-state index contributed by atoms with van der Waals surface area (Å²) in [5.74, 6) is 0.603. The Balaban J connectivity index is 2.03. The van der Waals surface area contributed by atoms with Crippen molar-refractivity contribution in [1.29, 1.82) is 0 Å². The molecule has 0 saturated carbocycles. The summed E-state index contributed by atoms with van der Waals surface area (Å²) in [5, 5.41) is 0. The summed E-state index contributed by atoms with van der Waals surface area (Å²) in [7, 11) is 1.67. The first-order valence-electron chi connectivity index (χ1n) is 9.73. The van der Waals surface area contributed by atoms with Gasteiger partial charge in [-0.1, -0.05) is 57.2 Å². The lowest BCUT2D eigenvalue weighted by Crippen LogP contribution is -2.26. The van der Waals surface area contributed by atoms with Crippen LogP contribution >= 0.6 is 0 Å². The van der Waals surface area contributed by atoms with Crippen molar-refractivity contribution in [3.05, 3.63) is 70.6 Å². The maximum Gasteiger partial charge on any atom is 0.222 e. The van der Waals surface area contributed by atoms with Crippen LogP contribution < -0.4 is 0 Å². The SMILES string of the molecule is C=C(N=C(OC)c1cnc(CC)c2c1CCC(C)(C)C2)c1ccc(C)cc1. The molecule has 0 saturated heterocycles. The van der Waals surface area contributed by atoms with Crippen LogP contribution in [0.4, 0.5) is 0 Å². The molecule has 1 aromatic carbocycles. The molecule has 27 heavy (non-hydrogen) atoms. The zero-order valence-corrected chi connectivity index (χ0v) is 17.2. The highest BCUT2D eigenvalue weighted by Gasteiger charge is 2.30. The molecule has 0 N–H and O–H groups in total. The number of methoxy groups -OCH3 is 1. The minimum absolute atomic E-state index is 0.313. The third-order valence-corrected chi connectivity index (χ3v) is 5.47. The van der Waals surface area contributed by atoms with Crippen molar-refractivity contribution in [1.82, 2.24) is 4.98 Å². The van der Waals surface area contributed by atoms with Gasteiger partial charge in [-0.05, 0) is 54.7 Å². The summed E-state index contributed by atoms with van der Waals surface area (Å²) in [4.78, 5) is 9.47. The van der Waals surface area contributed by atoms with Crippen LogP contribution in [0.15, 0.2) is 42.0 Å². The highest BCUT2D eigenvalue weighted by molar-refractivity contribution is 5.98. The third kappa shape index (κ3) is 4.13. The smallest absolute Gasteiger partial charge is 0.222 e. The lowest BCUT2D eigenvalue weighted by molar-refractivity contribution is 0.312. The molecule has 0 spiro atoms. The Labute approximate surface area is 163 Å². The monoisotopic (exact) mass is 362 g/mol. The second kappa shape index (κ2) is 7.67. The average molecular weight is 363 g/mol.